The normalized spacial score (nSPS) is 28.5. The van der Waals surface area contributed by atoms with E-state index in [4.69, 9.17) is 4.74 Å². The standard InChI is InChI=1S/C7H13N5OS/c1-11-3-5(6(4-11)13-2)12-7(14)8-9-10-12/h5-6H,3-4H2,1-2H3,(H,8,10,14)/t5-,6+/m0/s1. The van der Waals surface area contributed by atoms with Crippen molar-refractivity contribution in [3.05, 3.63) is 0 Å². The first-order valence-corrected chi connectivity index (χ1v) is 4.85. The molecule has 0 bridgehead atoms. The Morgan fingerprint density at radius 2 is 2.29 bits per heavy atom. The van der Waals surface area contributed by atoms with Gasteiger partial charge in [0, 0.05) is 20.2 Å². The molecule has 0 saturated carbocycles. The molecule has 1 saturated heterocycles. The van der Waals surface area contributed by atoms with Gasteiger partial charge in [-0.1, -0.05) is 0 Å². The van der Waals surface area contributed by atoms with Gasteiger partial charge >= 0.3 is 0 Å². The van der Waals surface area contributed by atoms with E-state index in [0.717, 1.165) is 13.1 Å². The zero-order valence-electron chi connectivity index (χ0n) is 8.16. The highest BCUT2D eigenvalue weighted by molar-refractivity contribution is 7.80. The van der Waals surface area contributed by atoms with E-state index in [1.165, 1.54) is 0 Å². The van der Waals surface area contributed by atoms with Crippen LogP contribution in [0.2, 0.25) is 0 Å². The Morgan fingerprint density at radius 3 is 2.86 bits per heavy atom. The van der Waals surface area contributed by atoms with Crippen LogP contribution in [0.1, 0.15) is 6.04 Å². The lowest BCUT2D eigenvalue weighted by Gasteiger charge is -2.16. The smallest absolute Gasteiger partial charge is 0.206 e. The maximum Gasteiger partial charge on any atom is 0.206 e. The van der Waals surface area contributed by atoms with Gasteiger partial charge in [0.25, 0.3) is 0 Å². The molecule has 0 amide bonds. The number of tetrazole rings is 1. The average molecular weight is 215 g/mol. The Bertz CT molecular complexity index is 317. The third-order valence-electron chi connectivity index (χ3n) is 2.51. The minimum atomic E-state index is 0.134. The zero-order chi connectivity index (χ0) is 10.1. The monoisotopic (exact) mass is 215 g/mol. The summed E-state index contributed by atoms with van der Waals surface area (Å²) in [5.41, 5.74) is 0. The lowest BCUT2D eigenvalue weighted by Crippen LogP contribution is -2.25. The van der Waals surface area contributed by atoms with E-state index in [-0.39, 0.29) is 12.1 Å². The Hall–Kier alpha value is -0.660. The van der Waals surface area contributed by atoms with Crippen molar-refractivity contribution in [3.63, 3.8) is 0 Å². The van der Waals surface area contributed by atoms with Gasteiger partial charge in [-0.15, -0.1) is 17.7 Å². The van der Waals surface area contributed by atoms with Crippen LogP contribution in [0, 0.1) is 0 Å². The van der Waals surface area contributed by atoms with Crippen molar-refractivity contribution in [2.75, 3.05) is 27.2 Å². The van der Waals surface area contributed by atoms with Gasteiger partial charge in [-0.2, -0.15) is 0 Å². The van der Waals surface area contributed by atoms with Gasteiger partial charge < -0.3 is 9.64 Å². The van der Waals surface area contributed by atoms with Crippen LogP contribution in [0.5, 0.6) is 0 Å². The second-order valence-corrected chi connectivity index (χ2v) is 3.89. The van der Waals surface area contributed by atoms with Crippen molar-refractivity contribution in [2.24, 2.45) is 0 Å². The Morgan fingerprint density at radius 1 is 1.50 bits per heavy atom. The van der Waals surface area contributed by atoms with Crippen molar-refractivity contribution < 1.29 is 4.74 Å². The van der Waals surface area contributed by atoms with Gasteiger partial charge in [0.1, 0.15) is 0 Å². The molecule has 1 aliphatic heterocycles. The molecule has 2 rings (SSSR count). The number of rotatable bonds is 2. The van der Waals surface area contributed by atoms with Gasteiger partial charge in [-0.3, -0.25) is 0 Å². The Kier molecular flexibility index (Phi) is 2.71. The Labute approximate surface area is 87.6 Å². The molecule has 78 valence electrons. The third-order valence-corrected chi connectivity index (χ3v) is 2.81. The van der Waals surface area contributed by atoms with Crippen LogP contribution in [-0.4, -0.2) is 58.5 Å². The van der Waals surface area contributed by atoms with Crippen molar-refractivity contribution in [1.29, 1.82) is 0 Å². The van der Waals surface area contributed by atoms with Gasteiger partial charge in [-0.25, -0.2) is 4.68 Å². The first-order valence-electron chi connectivity index (χ1n) is 4.40. The van der Waals surface area contributed by atoms with Gasteiger partial charge in [0.05, 0.1) is 12.1 Å². The predicted octanol–water partition coefficient (Wildman–Crippen LogP) is -0.537. The maximum absolute atomic E-state index is 5.38. The number of thiol groups is 1. The molecule has 2 atom stereocenters. The number of methoxy groups -OCH3 is 1. The van der Waals surface area contributed by atoms with Crippen LogP contribution < -0.4 is 0 Å². The summed E-state index contributed by atoms with van der Waals surface area (Å²) in [5, 5.41) is 11.8. The van der Waals surface area contributed by atoms with Crippen LogP contribution in [0.15, 0.2) is 5.16 Å². The van der Waals surface area contributed by atoms with E-state index < -0.39 is 0 Å². The number of hydrogen-bond donors (Lipinski definition) is 1. The van der Waals surface area contributed by atoms with E-state index in [2.05, 4.69) is 40.1 Å². The lowest BCUT2D eigenvalue weighted by molar-refractivity contribution is 0.0759. The Balaban J connectivity index is 2.21. The molecule has 0 spiro atoms. The quantitative estimate of drug-likeness (QED) is 0.672. The molecule has 0 radical (unpaired) electrons. The number of ether oxygens (including phenoxy) is 1. The number of aromatic nitrogens is 4. The average Bonchev–Trinajstić information content (AvgIpc) is 2.71. The van der Waals surface area contributed by atoms with Crippen molar-refractivity contribution in [3.8, 4) is 0 Å². The van der Waals surface area contributed by atoms with Crippen LogP contribution in [-0.2, 0) is 4.74 Å². The number of hydrogen-bond acceptors (Lipinski definition) is 6. The van der Waals surface area contributed by atoms with Gasteiger partial charge in [-0.05, 0) is 17.5 Å². The molecule has 1 fully saturated rings. The summed E-state index contributed by atoms with van der Waals surface area (Å²) in [6.45, 7) is 1.78. The SMILES string of the molecule is CO[C@@H]1CN(C)C[C@@H]1n1nnnc1S. The van der Waals surface area contributed by atoms with Crippen LogP contribution in [0.25, 0.3) is 0 Å². The molecular weight excluding hydrogens is 202 g/mol. The molecule has 1 aromatic rings. The van der Waals surface area contributed by atoms with Gasteiger partial charge in [0.2, 0.25) is 5.16 Å². The minimum absolute atomic E-state index is 0.134. The molecule has 1 aromatic heterocycles. The number of likely N-dealkylation sites (N-methyl/N-ethyl adjacent to an activating group) is 1. The predicted molar refractivity (Wildman–Crippen MR) is 52.4 cm³/mol. The third kappa shape index (κ3) is 1.62. The van der Waals surface area contributed by atoms with E-state index >= 15 is 0 Å². The number of nitrogens with zero attached hydrogens (tertiary/aromatic N) is 5. The molecule has 0 aromatic carbocycles. The fourth-order valence-electron chi connectivity index (χ4n) is 1.81. The molecule has 0 unspecified atom stereocenters. The fourth-order valence-corrected chi connectivity index (χ4v) is 2.04. The summed E-state index contributed by atoms with van der Waals surface area (Å²) in [6, 6.07) is 0.160. The molecule has 0 N–H and O–H groups in total. The summed E-state index contributed by atoms with van der Waals surface area (Å²) in [6.07, 6.45) is 0.134. The molecule has 1 aliphatic rings. The van der Waals surface area contributed by atoms with Crippen LogP contribution in [0.3, 0.4) is 0 Å². The van der Waals surface area contributed by atoms with Crippen LogP contribution >= 0.6 is 12.6 Å². The van der Waals surface area contributed by atoms with E-state index in [1.54, 1.807) is 11.8 Å². The highest BCUT2D eigenvalue weighted by Gasteiger charge is 2.34. The van der Waals surface area contributed by atoms with Gasteiger partial charge in [0.15, 0.2) is 0 Å². The first kappa shape index (κ1) is 9.88. The van der Waals surface area contributed by atoms with Crippen LogP contribution in [0.4, 0.5) is 0 Å². The highest BCUT2D eigenvalue weighted by Crippen LogP contribution is 2.23. The van der Waals surface area contributed by atoms with E-state index in [1.807, 2.05) is 0 Å². The van der Waals surface area contributed by atoms with Crippen molar-refractivity contribution in [1.82, 2.24) is 25.1 Å². The van der Waals surface area contributed by atoms with E-state index in [9.17, 15) is 0 Å². The molecular formula is C7H13N5OS. The molecule has 6 nitrogen and oxygen atoms in total. The second-order valence-electron chi connectivity index (χ2n) is 3.49. The summed E-state index contributed by atoms with van der Waals surface area (Å²) >= 11 is 4.19. The lowest BCUT2D eigenvalue weighted by atomic mass is 10.2. The largest absolute Gasteiger partial charge is 0.378 e. The van der Waals surface area contributed by atoms with Crippen molar-refractivity contribution >= 4 is 12.6 Å². The van der Waals surface area contributed by atoms with Crippen molar-refractivity contribution in [2.45, 2.75) is 17.3 Å². The molecule has 0 aliphatic carbocycles. The highest BCUT2D eigenvalue weighted by atomic mass is 32.1. The zero-order valence-corrected chi connectivity index (χ0v) is 9.05. The van der Waals surface area contributed by atoms with E-state index in [0.29, 0.717) is 5.16 Å². The topological polar surface area (TPSA) is 56.1 Å². The fraction of sp³-hybridized carbons (Fsp3) is 0.857. The minimum Gasteiger partial charge on any atom is -0.378 e. The number of likely N-dealkylation sites (tertiary alicyclic amines) is 1. The summed E-state index contributed by atoms with van der Waals surface area (Å²) in [7, 11) is 3.76. The first-order chi connectivity index (χ1) is 6.72. The summed E-state index contributed by atoms with van der Waals surface area (Å²) in [5.74, 6) is 0. The molecule has 7 heteroatoms. The second kappa shape index (κ2) is 3.84. The summed E-state index contributed by atoms with van der Waals surface area (Å²) < 4.78 is 7.09. The summed E-state index contributed by atoms with van der Waals surface area (Å²) in [4.78, 5) is 2.19. The maximum atomic E-state index is 5.38. The molecule has 14 heavy (non-hydrogen) atoms. The molecule has 2 heterocycles.